The molecule has 0 spiro atoms. The lowest BCUT2D eigenvalue weighted by Crippen LogP contribution is -2.47. The van der Waals surface area contributed by atoms with Crippen LogP contribution in [0, 0.1) is 6.92 Å². The number of aliphatic carboxylic acids is 1. The highest BCUT2D eigenvalue weighted by Crippen LogP contribution is 2.30. The molecule has 0 saturated carbocycles. The molecule has 2 amide bonds. The summed E-state index contributed by atoms with van der Waals surface area (Å²) in [6.45, 7) is 1.12. The SMILES string of the molecule is Cc1c(Cl)cc(S(=O)[O-])cc1N(C[C@H](N)C(=O)O)C(N)=O. The number of carbonyl (C=O) groups is 2. The molecule has 1 aromatic carbocycles. The zero-order valence-electron chi connectivity index (χ0n) is 10.9. The zero-order valence-corrected chi connectivity index (χ0v) is 12.5. The van der Waals surface area contributed by atoms with Crippen LogP contribution in [0.1, 0.15) is 5.56 Å². The van der Waals surface area contributed by atoms with Gasteiger partial charge in [-0.2, -0.15) is 0 Å². The van der Waals surface area contributed by atoms with Crippen LogP contribution < -0.4 is 16.4 Å². The number of urea groups is 1. The average Bonchev–Trinajstić information content (AvgIpc) is 2.38. The van der Waals surface area contributed by atoms with Crippen LogP contribution in [-0.4, -0.2) is 38.5 Å². The Labute approximate surface area is 127 Å². The van der Waals surface area contributed by atoms with Crippen LogP contribution in [0.15, 0.2) is 17.0 Å². The number of primary amides is 1. The van der Waals surface area contributed by atoms with Crippen molar-refractivity contribution in [1.82, 2.24) is 0 Å². The Kier molecular flexibility index (Phi) is 5.67. The second kappa shape index (κ2) is 6.85. The number of carboxylic acid groups (broad SMARTS) is 1. The Morgan fingerprint density at radius 2 is 2.10 bits per heavy atom. The Morgan fingerprint density at radius 3 is 2.52 bits per heavy atom. The van der Waals surface area contributed by atoms with Crippen LogP contribution in [0.4, 0.5) is 10.5 Å². The first-order valence-electron chi connectivity index (χ1n) is 5.60. The van der Waals surface area contributed by atoms with Gasteiger partial charge in [0.15, 0.2) is 0 Å². The van der Waals surface area contributed by atoms with Gasteiger partial charge in [0.25, 0.3) is 0 Å². The van der Waals surface area contributed by atoms with Crippen molar-refractivity contribution in [3.63, 3.8) is 0 Å². The molecular weight excluding hydrogens is 322 g/mol. The topological polar surface area (TPSA) is 150 Å². The van der Waals surface area contributed by atoms with Crippen molar-refractivity contribution in [2.75, 3.05) is 11.4 Å². The number of anilines is 1. The number of rotatable bonds is 5. The number of hydrogen-bond donors (Lipinski definition) is 3. The van der Waals surface area contributed by atoms with Gasteiger partial charge in [0.05, 0.1) is 12.2 Å². The van der Waals surface area contributed by atoms with Crippen molar-refractivity contribution in [3.8, 4) is 0 Å². The van der Waals surface area contributed by atoms with Crippen molar-refractivity contribution >= 4 is 40.4 Å². The maximum atomic E-state index is 11.5. The fraction of sp³-hybridized carbons (Fsp3) is 0.273. The van der Waals surface area contributed by atoms with Crippen molar-refractivity contribution in [2.45, 2.75) is 17.9 Å². The van der Waals surface area contributed by atoms with E-state index in [2.05, 4.69) is 0 Å². The second-order valence-electron chi connectivity index (χ2n) is 4.18. The second-order valence-corrected chi connectivity index (χ2v) is 5.53. The third-order valence-corrected chi connectivity index (χ3v) is 3.75. The smallest absolute Gasteiger partial charge is 0.322 e. The highest BCUT2D eigenvalue weighted by Gasteiger charge is 2.23. The van der Waals surface area contributed by atoms with Gasteiger partial charge in [-0.05, 0) is 35.7 Å². The Hall–Kier alpha value is -1.68. The quantitative estimate of drug-likeness (QED) is 0.654. The summed E-state index contributed by atoms with van der Waals surface area (Å²) < 4.78 is 22.1. The van der Waals surface area contributed by atoms with Crippen molar-refractivity contribution in [3.05, 3.63) is 22.7 Å². The van der Waals surface area contributed by atoms with Gasteiger partial charge in [-0.25, -0.2) is 4.79 Å². The molecule has 1 aromatic rings. The number of halogens is 1. The predicted molar refractivity (Wildman–Crippen MR) is 75.9 cm³/mol. The number of hydrogen-bond acceptors (Lipinski definition) is 5. The summed E-state index contributed by atoms with van der Waals surface area (Å²) in [5.74, 6) is -1.33. The first-order chi connectivity index (χ1) is 9.65. The Bertz CT molecular complexity index is 610. The maximum Gasteiger partial charge on any atom is 0.322 e. The fourth-order valence-electron chi connectivity index (χ4n) is 1.60. The summed E-state index contributed by atoms with van der Waals surface area (Å²) in [7, 11) is 0. The van der Waals surface area contributed by atoms with Crippen LogP contribution >= 0.6 is 11.6 Å². The van der Waals surface area contributed by atoms with E-state index in [9.17, 15) is 18.4 Å². The van der Waals surface area contributed by atoms with Gasteiger partial charge in [0.2, 0.25) is 0 Å². The molecule has 116 valence electrons. The zero-order chi connectivity index (χ0) is 16.3. The minimum atomic E-state index is -2.57. The van der Waals surface area contributed by atoms with Gasteiger partial charge >= 0.3 is 12.0 Å². The van der Waals surface area contributed by atoms with E-state index in [1.165, 1.54) is 19.1 Å². The molecule has 1 unspecified atom stereocenters. The van der Waals surface area contributed by atoms with Crippen molar-refractivity contribution in [2.24, 2.45) is 11.5 Å². The van der Waals surface area contributed by atoms with Gasteiger partial charge in [0.1, 0.15) is 6.04 Å². The summed E-state index contributed by atoms with van der Waals surface area (Å²) in [6.07, 6.45) is 0. The molecule has 21 heavy (non-hydrogen) atoms. The number of carbonyl (C=O) groups excluding carboxylic acids is 1. The standard InChI is InChI=1S/C11H14ClN3O5S/c1-5-7(12)2-6(21(19)20)3-9(5)15(11(14)18)4-8(13)10(16)17/h2-3,8H,4,13H2,1H3,(H2,14,18)(H,16,17)(H,19,20)/p-1/t8-/m0/s1. The van der Waals surface area contributed by atoms with E-state index >= 15 is 0 Å². The first-order valence-corrected chi connectivity index (χ1v) is 7.05. The number of nitrogens with two attached hydrogens (primary N) is 2. The monoisotopic (exact) mass is 334 g/mol. The predicted octanol–water partition coefficient (Wildman–Crippen LogP) is 0.183. The lowest BCUT2D eigenvalue weighted by molar-refractivity contribution is -0.138. The summed E-state index contributed by atoms with van der Waals surface area (Å²) in [4.78, 5) is 23.0. The van der Waals surface area contributed by atoms with Gasteiger partial charge < -0.3 is 21.1 Å². The minimum absolute atomic E-state index is 0.0888. The molecule has 1 rings (SSSR count). The summed E-state index contributed by atoms with van der Waals surface area (Å²) in [5.41, 5.74) is 11.0. The molecule has 5 N–H and O–H groups in total. The van der Waals surface area contributed by atoms with E-state index in [0.717, 1.165) is 4.90 Å². The molecule has 0 aliphatic carbocycles. The van der Waals surface area contributed by atoms with E-state index in [0.29, 0.717) is 5.56 Å². The Morgan fingerprint density at radius 1 is 1.52 bits per heavy atom. The van der Waals surface area contributed by atoms with Gasteiger partial charge in [0, 0.05) is 9.92 Å². The molecule has 0 aliphatic heterocycles. The van der Waals surface area contributed by atoms with E-state index in [4.69, 9.17) is 28.2 Å². The third-order valence-electron chi connectivity index (χ3n) is 2.74. The largest absolute Gasteiger partial charge is 0.768 e. The molecule has 0 aromatic heterocycles. The molecule has 0 bridgehead atoms. The Balaban J connectivity index is 3.34. The molecule has 0 fully saturated rings. The number of amides is 2. The summed E-state index contributed by atoms with van der Waals surface area (Å²) in [5, 5.41) is 8.90. The summed E-state index contributed by atoms with van der Waals surface area (Å²) in [6, 6.07) is 0.0282. The van der Waals surface area contributed by atoms with E-state index in [1.54, 1.807) is 0 Å². The molecule has 0 aliphatic rings. The van der Waals surface area contributed by atoms with Crippen molar-refractivity contribution in [1.29, 1.82) is 0 Å². The van der Waals surface area contributed by atoms with E-state index in [1.807, 2.05) is 0 Å². The number of benzene rings is 1. The number of nitrogens with zero attached hydrogens (tertiary/aromatic N) is 1. The fourth-order valence-corrected chi connectivity index (χ4v) is 2.30. The van der Waals surface area contributed by atoms with E-state index < -0.39 is 35.7 Å². The minimum Gasteiger partial charge on any atom is -0.768 e. The highest BCUT2D eigenvalue weighted by molar-refractivity contribution is 7.79. The first kappa shape index (κ1) is 17.4. The lowest BCUT2D eigenvalue weighted by Gasteiger charge is -2.25. The molecular formula is C11H13ClN3O5S-. The van der Waals surface area contributed by atoms with Gasteiger partial charge in [-0.3, -0.25) is 13.9 Å². The van der Waals surface area contributed by atoms with Gasteiger partial charge in [-0.15, -0.1) is 0 Å². The third kappa shape index (κ3) is 4.14. The number of carboxylic acids is 1. The highest BCUT2D eigenvalue weighted by atomic mass is 35.5. The normalized spacial score (nSPS) is 13.5. The average molecular weight is 335 g/mol. The van der Waals surface area contributed by atoms with Crippen LogP contribution in [-0.2, 0) is 15.9 Å². The molecule has 8 nitrogen and oxygen atoms in total. The van der Waals surface area contributed by atoms with Crippen LogP contribution in [0.2, 0.25) is 5.02 Å². The lowest BCUT2D eigenvalue weighted by atomic mass is 10.1. The maximum absolute atomic E-state index is 11.5. The van der Waals surface area contributed by atoms with Crippen LogP contribution in [0.3, 0.4) is 0 Å². The van der Waals surface area contributed by atoms with E-state index in [-0.39, 0.29) is 15.6 Å². The molecule has 0 heterocycles. The molecule has 2 atom stereocenters. The van der Waals surface area contributed by atoms with Crippen LogP contribution in [0.5, 0.6) is 0 Å². The molecule has 10 heteroatoms. The van der Waals surface area contributed by atoms with Gasteiger partial charge in [-0.1, -0.05) is 11.6 Å². The van der Waals surface area contributed by atoms with Crippen molar-refractivity contribution < 1.29 is 23.5 Å². The molecule has 0 radical (unpaired) electrons. The summed E-state index contributed by atoms with van der Waals surface area (Å²) >= 11 is 3.34. The molecule has 0 saturated heterocycles. The van der Waals surface area contributed by atoms with Crippen LogP contribution in [0.25, 0.3) is 0 Å².